The summed E-state index contributed by atoms with van der Waals surface area (Å²) in [6.45, 7) is 4.00. The molecule has 0 saturated carbocycles. The minimum Gasteiger partial charge on any atom is -0.347 e. The van der Waals surface area contributed by atoms with Crippen molar-refractivity contribution in [2.45, 2.75) is 19.9 Å². The van der Waals surface area contributed by atoms with E-state index in [4.69, 9.17) is 11.6 Å². The van der Waals surface area contributed by atoms with Crippen LogP contribution in [0.1, 0.15) is 19.9 Å². The van der Waals surface area contributed by atoms with E-state index in [-0.39, 0.29) is 11.7 Å². The van der Waals surface area contributed by atoms with E-state index >= 15 is 0 Å². The van der Waals surface area contributed by atoms with Crippen molar-refractivity contribution in [2.24, 2.45) is 0 Å². The van der Waals surface area contributed by atoms with Crippen LogP contribution in [0.2, 0.25) is 5.02 Å². The fourth-order valence-electron chi connectivity index (χ4n) is 1.61. The van der Waals surface area contributed by atoms with Crippen molar-refractivity contribution in [1.82, 2.24) is 9.78 Å². The maximum atomic E-state index is 10.9. The molecule has 0 aliphatic rings. The zero-order valence-corrected chi connectivity index (χ0v) is 11.3. The van der Waals surface area contributed by atoms with E-state index in [2.05, 4.69) is 10.4 Å². The highest BCUT2D eigenvalue weighted by Gasteiger charge is 2.14. The lowest BCUT2D eigenvalue weighted by molar-refractivity contribution is -0.383. The topological polar surface area (TPSA) is 73.0 Å². The Bertz CT molecular complexity index is 610. The molecule has 6 nitrogen and oxygen atoms in total. The number of anilines is 2. The number of nitrogens with one attached hydrogen (secondary N) is 1. The lowest BCUT2D eigenvalue weighted by Crippen LogP contribution is -2.00. The number of hydrogen-bond acceptors (Lipinski definition) is 4. The monoisotopic (exact) mass is 280 g/mol. The summed E-state index contributed by atoms with van der Waals surface area (Å²) >= 11 is 5.86. The summed E-state index contributed by atoms with van der Waals surface area (Å²) in [7, 11) is 0. The predicted octanol–water partition coefficient (Wildman–Crippen LogP) is 3.77. The molecule has 1 N–H and O–H groups in total. The fraction of sp³-hybridized carbons (Fsp3) is 0.250. The summed E-state index contributed by atoms with van der Waals surface area (Å²) in [5, 5.41) is 18.5. The van der Waals surface area contributed by atoms with Gasteiger partial charge in [-0.05, 0) is 26.0 Å². The molecule has 0 aliphatic carbocycles. The minimum atomic E-state index is -0.453. The van der Waals surface area contributed by atoms with E-state index in [9.17, 15) is 10.1 Å². The maximum Gasteiger partial charge on any atom is 0.292 e. The lowest BCUT2D eigenvalue weighted by atomic mass is 10.2. The van der Waals surface area contributed by atoms with E-state index in [1.54, 1.807) is 17.1 Å². The predicted molar refractivity (Wildman–Crippen MR) is 74.0 cm³/mol. The number of nitrogens with zero attached hydrogens (tertiary/aromatic N) is 3. The molecule has 0 radical (unpaired) electrons. The van der Waals surface area contributed by atoms with Crippen molar-refractivity contribution >= 4 is 28.7 Å². The Morgan fingerprint density at radius 2 is 2.21 bits per heavy atom. The van der Waals surface area contributed by atoms with Gasteiger partial charge in [-0.15, -0.1) is 0 Å². The van der Waals surface area contributed by atoms with Gasteiger partial charge in [-0.3, -0.25) is 14.8 Å². The first-order valence-corrected chi connectivity index (χ1v) is 6.10. The van der Waals surface area contributed by atoms with Crippen LogP contribution in [0.5, 0.6) is 0 Å². The summed E-state index contributed by atoms with van der Waals surface area (Å²) in [4.78, 5) is 10.5. The summed E-state index contributed by atoms with van der Waals surface area (Å²) in [6.07, 6.45) is 3.40. The van der Waals surface area contributed by atoms with Gasteiger partial charge in [-0.2, -0.15) is 5.10 Å². The second kappa shape index (κ2) is 5.27. The van der Waals surface area contributed by atoms with E-state index in [0.717, 1.165) is 0 Å². The molecule has 1 aromatic heterocycles. The molecule has 0 bridgehead atoms. The van der Waals surface area contributed by atoms with Gasteiger partial charge in [0.1, 0.15) is 5.69 Å². The number of rotatable bonds is 4. The van der Waals surface area contributed by atoms with Crippen molar-refractivity contribution < 1.29 is 4.92 Å². The molecular formula is C12H13ClN4O2. The van der Waals surface area contributed by atoms with Crippen molar-refractivity contribution in [3.05, 3.63) is 45.7 Å². The number of nitro benzene ring substituents is 1. The third-order valence-electron chi connectivity index (χ3n) is 2.56. The summed E-state index contributed by atoms with van der Waals surface area (Å²) in [6, 6.07) is 4.61. The number of benzene rings is 1. The summed E-state index contributed by atoms with van der Waals surface area (Å²) < 4.78 is 1.76. The summed E-state index contributed by atoms with van der Waals surface area (Å²) in [5.74, 6) is 0. The number of nitro groups is 1. The molecule has 1 heterocycles. The summed E-state index contributed by atoms with van der Waals surface area (Å²) in [5.41, 5.74) is 1.00. The second-order valence-corrected chi connectivity index (χ2v) is 4.78. The minimum absolute atomic E-state index is 0.0262. The van der Waals surface area contributed by atoms with Crippen LogP contribution in [0, 0.1) is 10.1 Å². The van der Waals surface area contributed by atoms with Crippen LogP contribution in [0.3, 0.4) is 0 Å². The van der Waals surface area contributed by atoms with E-state index in [0.29, 0.717) is 16.4 Å². The van der Waals surface area contributed by atoms with Crippen LogP contribution in [0.25, 0.3) is 0 Å². The van der Waals surface area contributed by atoms with Gasteiger partial charge in [0.15, 0.2) is 0 Å². The molecule has 0 unspecified atom stereocenters. The van der Waals surface area contributed by atoms with Crippen LogP contribution in [-0.4, -0.2) is 14.7 Å². The first-order valence-electron chi connectivity index (χ1n) is 5.72. The number of hydrogen-bond donors (Lipinski definition) is 1. The molecule has 0 spiro atoms. The molecule has 0 fully saturated rings. The molecule has 2 aromatic rings. The molecule has 0 aliphatic heterocycles. The Morgan fingerprint density at radius 1 is 1.47 bits per heavy atom. The zero-order chi connectivity index (χ0) is 14.0. The highest BCUT2D eigenvalue weighted by atomic mass is 35.5. The van der Waals surface area contributed by atoms with Crippen LogP contribution in [0.4, 0.5) is 17.1 Å². The highest BCUT2D eigenvalue weighted by Crippen LogP contribution is 2.30. The molecule has 0 saturated heterocycles. The van der Waals surface area contributed by atoms with Crippen LogP contribution in [0.15, 0.2) is 30.6 Å². The Morgan fingerprint density at radius 3 is 2.79 bits per heavy atom. The van der Waals surface area contributed by atoms with Gasteiger partial charge in [0.05, 0.1) is 16.8 Å². The molecule has 7 heteroatoms. The standard InChI is InChI=1S/C12H13ClN4O2/c1-8(2)16-7-10(6-14-16)15-11-5-9(13)3-4-12(11)17(18)19/h3-8,15H,1-2H3. The Balaban J connectivity index is 2.31. The lowest BCUT2D eigenvalue weighted by Gasteiger charge is -2.06. The fourth-order valence-corrected chi connectivity index (χ4v) is 1.78. The van der Waals surface area contributed by atoms with Gasteiger partial charge in [-0.25, -0.2) is 0 Å². The average Bonchev–Trinajstić information content (AvgIpc) is 2.77. The number of aromatic nitrogens is 2. The normalized spacial score (nSPS) is 10.7. The highest BCUT2D eigenvalue weighted by molar-refractivity contribution is 6.31. The molecule has 0 amide bonds. The van der Waals surface area contributed by atoms with E-state index in [1.807, 2.05) is 13.8 Å². The average molecular weight is 281 g/mol. The molecule has 0 atom stereocenters. The van der Waals surface area contributed by atoms with Gasteiger partial charge < -0.3 is 5.32 Å². The van der Waals surface area contributed by atoms with Crippen LogP contribution < -0.4 is 5.32 Å². The molecule has 19 heavy (non-hydrogen) atoms. The van der Waals surface area contributed by atoms with Gasteiger partial charge in [-0.1, -0.05) is 11.6 Å². The Kier molecular flexibility index (Phi) is 3.71. The van der Waals surface area contributed by atoms with E-state index < -0.39 is 4.92 Å². The first-order chi connectivity index (χ1) is 8.97. The van der Waals surface area contributed by atoms with Gasteiger partial charge in [0, 0.05) is 23.3 Å². The van der Waals surface area contributed by atoms with E-state index in [1.165, 1.54) is 18.2 Å². The first kappa shape index (κ1) is 13.4. The second-order valence-electron chi connectivity index (χ2n) is 4.35. The quantitative estimate of drug-likeness (QED) is 0.683. The molecule has 1 aromatic carbocycles. The van der Waals surface area contributed by atoms with Gasteiger partial charge >= 0.3 is 0 Å². The largest absolute Gasteiger partial charge is 0.347 e. The maximum absolute atomic E-state index is 10.9. The van der Waals surface area contributed by atoms with Crippen molar-refractivity contribution in [3.63, 3.8) is 0 Å². The van der Waals surface area contributed by atoms with Crippen LogP contribution >= 0.6 is 11.6 Å². The third kappa shape index (κ3) is 3.03. The zero-order valence-electron chi connectivity index (χ0n) is 10.5. The third-order valence-corrected chi connectivity index (χ3v) is 2.80. The van der Waals surface area contributed by atoms with Crippen LogP contribution in [-0.2, 0) is 0 Å². The van der Waals surface area contributed by atoms with Crippen molar-refractivity contribution in [1.29, 1.82) is 0 Å². The SMILES string of the molecule is CC(C)n1cc(Nc2cc(Cl)ccc2[N+](=O)[O-])cn1. The Labute approximate surface area is 115 Å². The molecular weight excluding hydrogens is 268 g/mol. The smallest absolute Gasteiger partial charge is 0.292 e. The number of halogens is 1. The Hall–Kier alpha value is -2.08. The van der Waals surface area contributed by atoms with Gasteiger partial charge in [0.2, 0.25) is 0 Å². The van der Waals surface area contributed by atoms with Gasteiger partial charge in [0.25, 0.3) is 5.69 Å². The van der Waals surface area contributed by atoms with Crippen molar-refractivity contribution in [3.8, 4) is 0 Å². The molecule has 100 valence electrons. The molecule has 2 rings (SSSR count). The van der Waals surface area contributed by atoms with Crippen molar-refractivity contribution in [2.75, 3.05) is 5.32 Å².